The maximum atomic E-state index is 15.7. The van der Waals surface area contributed by atoms with Gasteiger partial charge in [-0.25, -0.2) is 13.6 Å². The van der Waals surface area contributed by atoms with Gasteiger partial charge in [0.1, 0.15) is 17.1 Å². The zero-order chi connectivity index (χ0) is 19.6. The van der Waals surface area contributed by atoms with Gasteiger partial charge in [-0.1, -0.05) is 0 Å². The van der Waals surface area contributed by atoms with E-state index in [0.717, 1.165) is 38.2 Å². The van der Waals surface area contributed by atoms with Gasteiger partial charge in [-0.3, -0.25) is 4.79 Å². The highest BCUT2D eigenvalue weighted by atomic mass is 19.1. The molecule has 6 rings (SSSR count). The molecule has 0 amide bonds. The highest BCUT2D eigenvalue weighted by Gasteiger charge is 2.36. The average molecular weight is 389 g/mol. The number of benzene rings is 1. The van der Waals surface area contributed by atoms with Crippen molar-refractivity contribution in [2.45, 2.75) is 50.2 Å². The molecule has 4 fully saturated rings. The molecular weight excluding hydrogens is 368 g/mol. The van der Waals surface area contributed by atoms with Crippen LogP contribution in [-0.4, -0.2) is 40.8 Å². The predicted molar refractivity (Wildman–Crippen MR) is 100 cm³/mol. The molecule has 1 saturated carbocycles. The maximum absolute atomic E-state index is 15.7. The number of carboxylic acid groups (broad SMARTS) is 1. The first kappa shape index (κ1) is 17.6. The van der Waals surface area contributed by atoms with Crippen LogP contribution in [0.15, 0.2) is 17.1 Å². The van der Waals surface area contributed by atoms with Crippen LogP contribution in [0.2, 0.25) is 0 Å². The van der Waals surface area contributed by atoms with E-state index in [1.54, 1.807) is 4.90 Å². The number of nitrogens with zero attached hydrogens (tertiary/aromatic N) is 2. The minimum atomic E-state index is -1.39. The van der Waals surface area contributed by atoms with E-state index in [2.05, 4.69) is 5.32 Å². The van der Waals surface area contributed by atoms with Crippen molar-refractivity contribution in [3.8, 4) is 0 Å². The Bertz CT molecular complexity index is 1040. The lowest BCUT2D eigenvalue weighted by molar-refractivity contribution is 0.0695. The van der Waals surface area contributed by atoms with Crippen LogP contribution in [0.25, 0.3) is 10.9 Å². The van der Waals surface area contributed by atoms with Crippen molar-refractivity contribution in [2.24, 2.45) is 0 Å². The average Bonchev–Trinajstić information content (AvgIpc) is 3.50. The van der Waals surface area contributed by atoms with Gasteiger partial charge in [0.25, 0.3) is 0 Å². The molecule has 2 aromatic rings. The molecule has 0 radical (unpaired) electrons. The number of aromatic nitrogens is 1. The van der Waals surface area contributed by atoms with E-state index in [-0.39, 0.29) is 34.7 Å². The minimum absolute atomic E-state index is 0.000380. The maximum Gasteiger partial charge on any atom is 0.341 e. The fourth-order valence-corrected chi connectivity index (χ4v) is 4.68. The third kappa shape index (κ3) is 2.62. The Hall–Kier alpha value is -2.48. The van der Waals surface area contributed by atoms with Gasteiger partial charge >= 0.3 is 5.97 Å². The number of piperazine rings is 1. The Balaban J connectivity index is 1.76. The summed E-state index contributed by atoms with van der Waals surface area (Å²) in [7, 11) is 0. The van der Waals surface area contributed by atoms with Crippen LogP contribution in [0, 0.1) is 11.6 Å². The fourth-order valence-electron chi connectivity index (χ4n) is 4.68. The number of carbonyl (C=O) groups is 1. The molecule has 2 unspecified atom stereocenters. The number of fused-ring (bicyclic) bond motifs is 5. The first-order valence-corrected chi connectivity index (χ1v) is 9.76. The van der Waals surface area contributed by atoms with E-state index >= 15 is 8.78 Å². The Morgan fingerprint density at radius 2 is 1.96 bits per heavy atom. The van der Waals surface area contributed by atoms with Crippen molar-refractivity contribution in [1.29, 1.82) is 0 Å². The summed E-state index contributed by atoms with van der Waals surface area (Å²) in [6.45, 7) is 1.19. The monoisotopic (exact) mass is 389 g/mol. The summed E-state index contributed by atoms with van der Waals surface area (Å²) in [4.78, 5) is 25.8. The predicted octanol–water partition coefficient (Wildman–Crippen LogP) is 2.64. The zero-order valence-electron chi connectivity index (χ0n) is 15.3. The summed E-state index contributed by atoms with van der Waals surface area (Å²) in [6.07, 6.45) is 5.60. The molecule has 3 saturated heterocycles. The SMILES string of the molecule is O=C(O)c1cn(C2CC2)c2c(F)c(N3CC4CCCC3CN4)c(F)cc2c1=O. The van der Waals surface area contributed by atoms with Crippen LogP contribution in [0.4, 0.5) is 14.5 Å². The van der Waals surface area contributed by atoms with Crippen LogP contribution in [0.1, 0.15) is 48.5 Å². The third-order valence-electron chi connectivity index (χ3n) is 6.23. The second kappa shape index (κ2) is 6.27. The van der Waals surface area contributed by atoms with Gasteiger partial charge in [-0.2, -0.15) is 0 Å². The second-order valence-electron chi connectivity index (χ2n) is 8.07. The molecule has 2 atom stereocenters. The van der Waals surface area contributed by atoms with Gasteiger partial charge < -0.3 is 19.9 Å². The van der Waals surface area contributed by atoms with Gasteiger partial charge in [0, 0.05) is 37.4 Å². The van der Waals surface area contributed by atoms with Crippen LogP contribution in [0.5, 0.6) is 0 Å². The second-order valence-corrected chi connectivity index (χ2v) is 8.07. The molecule has 2 bridgehead atoms. The topological polar surface area (TPSA) is 74.6 Å². The molecule has 2 N–H and O–H groups in total. The van der Waals surface area contributed by atoms with E-state index in [1.165, 1.54) is 10.8 Å². The van der Waals surface area contributed by atoms with Gasteiger partial charge in [0.2, 0.25) is 5.43 Å². The Labute approximate surface area is 159 Å². The third-order valence-corrected chi connectivity index (χ3v) is 6.23. The van der Waals surface area contributed by atoms with Crippen molar-refractivity contribution in [1.82, 2.24) is 9.88 Å². The Morgan fingerprint density at radius 1 is 1.18 bits per heavy atom. The van der Waals surface area contributed by atoms with Crippen molar-refractivity contribution in [2.75, 3.05) is 18.0 Å². The zero-order valence-corrected chi connectivity index (χ0v) is 15.3. The molecule has 4 aliphatic rings. The highest BCUT2D eigenvalue weighted by molar-refractivity contribution is 5.94. The number of pyridine rings is 1. The van der Waals surface area contributed by atoms with Gasteiger partial charge in [-0.05, 0) is 38.2 Å². The lowest BCUT2D eigenvalue weighted by Crippen LogP contribution is -2.55. The van der Waals surface area contributed by atoms with Crippen LogP contribution in [0.3, 0.4) is 0 Å². The standard InChI is InChI=1S/C20H21F2N3O3/c21-15-6-13-17(25(11-4-5-11)9-14(19(13)26)20(27)28)16(22)18(15)24-8-10-2-1-3-12(24)7-23-10/h6,9-12,23H,1-5,7-8H2,(H,27,28). The van der Waals surface area contributed by atoms with Crippen molar-refractivity contribution in [3.05, 3.63) is 39.7 Å². The molecular formula is C20H21F2N3O3. The molecule has 1 aliphatic carbocycles. The summed E-state index contributed by atoms with van der Waals surface area (Å²) >= 11 is 0. The largest absolute Gasteiger partial charge is 0.477 e. The molecule has 1 aromatic heterocycles. The van der Waals surface area contributed by atoms with E-state index in [9.17, 15) is 14.7 Å². The van der Waals surface area contributed by atoms with Gasteiger partial charge in [0.05, 0.1) is 10.9 Å². The number of anilines is 1. The molecule has 0 spiro atoms. The summed E-state index contributed by atoms with van der Waals surface area (Å²) in [5.41, 5.74) is -1.38. The van der Waals surface area contributed by atoms with Crippen LogP contribution in [-0.2, 0) is 0 Å². The number of halogens is 2. The summed E-state index contributed by atoms with van der Waals surface area (Å²) in [6, 6.07) is 1.15. The van der Waals surface area contributed by atoms with E-state index in [0.29, 0.717) is 13.1 Å². The lowest BCUT2D eigenvalue weighted by atomic mass is 10.1. The quantitative estimate of drug-likeness (QED) is 0.844. The van der Waals surface area contributed by atoms with Crippen LogP contribution < -0.4 is 15.6 Å². The number of nitrogens with one attached hydrogen (secondary N) is 1. The number of aromatic carboxylic acids is 1. The van der Waals surface area contributed by atoms with Crippen molar-refractivity contribution < 1.29 is 18.7 Å². The molecule has 8 heteroatoms. The number of hydrogen-bond donors (Lipinski definition) is 2. The number of rotatable bonds is 3. The minimum Gasteiger partial charge on any atom is -0.477 e. The van der Waals surface area contributed by atoms with Crippen molar-refractivity contribution in [3.63, 3.8) is 0 Å². The normalized spacial score (nSPS) is 24.6. The van der Waals surface area contributed by atoms with Crippen LogP contribution >= 0.6 is 0 Å². The number of carboxylic acids is 1. The summed E-state index contributed by atoms with van der Waals surface area (Å²) in [5.74, 6) is -2.95. The van der Waals surface area contributed by atoms with Gasteiger partial charge in [0.15, 0.2) is 5.82 Å². The first-order valence-electron chi connectivity index (χ1n) is 9.76. The Kier molecular flexibility index (Phi) is 3.94. The molecule has 6 nitrogen and oxygen atoms in total. The number of hydrogen-bond acceptors (Lipinski definition) is 4. The molecule has 3 aliphatic heterocycles. The van der Waals surface area contributed by atoms with E-state index < -0.39 is 28.6 Å². The highest BCUT2D eigenvalue weighted by Crippen LogP contribution is 2.40. The first-order chi connectivity index (χ1) is 13.5. The summed E-state index contributed by atoms with van der Waals surface area (Å²) in [5, 5.41) is 12.5. The van der Waals surface area contributed by atoms with E-state index in [1.807, 2.05) is 0 Å². The molecule has 28 heavy (non-hydrogen) atoms. The molecule has 1 aromatic carbocycles. The fraction of sp³-hybridized carbons (Fsp3) is 0.500. The smallest absolute Gasteiger partial charge is 0.341 e. The van der Waals surface area contributed by atoms with E-state index in [4.69, 9.17) is 0 Å². The molecule has 148 valence electrons. The van der Waals surface area contributed by atoms with Gasteiger partial charge in [-0.15, -0.1) is 0 Å². The van der Waals surface area contributed by atoms with Crippen molar-refractivity contribution >= 4 is 22.6 Å². The molecule has 4 heterocycles. The summed E-state index contributed by atoms with van der Waals surface area (Å²) < 4.78 is 32.3. The Morgan fingerprint density at radius 3 is 2.68 bits per heavy atom. The lowest BCUT2D eigenvalue weighted by Gasteiger charge is -2.39.